The number of unbranched alkanes of at least 4 members (excludes halogenated alkanes) is 2. The van der Waals surface area contributed by atoms with Gasteiger partial charge < -0.3 is 9.47 Å². The lowest BCUT2D eigenvalue weighted by atomic mass is 9.96. The molecule has 5 heteroatoms. The number of hydrogen-bond donors (Lipinski definition) is 0. The highest BCUT2D eigenvalue weighted by Crippen LogP contribution is 2.39. The Kier molecular flexibility index (Phi) is 6.45. The smallest absolute Gasteiger partial charge is 0.387 e. The highest BCUT2D eigenvalue weighted by molar-refractivity contribution is 5.92. The fourth-order valence-electron chi connectivity index (χ4n) is 3.34. The maximum absolute atomic E-state index is 15.3. The number of benzene rings is 3. The average Bonchev–Trinajstić information content (AvgIpc) is 2.68. The Morgan fingerprint density at radius 3 is 2.36 bits per heavy atom. The molecule has 28 heavy (non-hydrogen) atoms. The maximum atomic E-state index is 15.3. The highest BCUT2D eigenvalue weighted by atomic mass is 19.3. The summed E-state index contributed by atoms with van der Waals surface area (Å²) in [5, 5.41) is 0.936. The third kappa shape index (κ3) is 4.41. The van der Waals surface area contributed by atoms with Gasteiger partial charge in [-0.25, -0.2) is 4.39 Å². The molecule has 0 aliphatic heterocycles. The summed E-state index contributed by atoms with van der Waals surface area (Å²) in [4.78, 5) is 0. The van der Waals surface area contributed by atoms with Crippen LogP contribution in [-0.4, -0.2) is 13.7 Å². The Hall–Kier alpha value is -2.69. The van der Waals surface area contributed by atoms with Gasteiger partial charge in [-0.1, -0.05) is 50.1 Å². The van der Waals surface area contributed by atoms with Gasteiger partial charge in [0.2, 0.25) is 0 Å². The topological polar surface area (TPSA) is 18.5 Å². The first kappa shape index (κ1) is 20.1. The van der Waals surface area contributed by atoms with E-state index in [-0.39, 0.29) is 11.3 Å². The van der Waals surface area contributed by atoms with Gasteiger partial charge >= 0.3 is 6.61 Å². The van der Waals surface area contributed by atoms with E-state index in [1.54, 1.807) is 30.3 Å². The Morgan fingerprint density at radius 1 is 0.964 bits per heavy atom. The number of hydrogen-bond acceptors (Lipinski definition) is 2. The van der Waals surface area contributed by atoms with Crippen LogP contribution in [0.4, 0.5) is 13.2 Å². The standard InChI is InChI=1S/C23H23F3O2/c1-3-4-5-6-15-7-12-19-17(13-15)14-20(28-23(25)26)21(22(19)24)16-8-10-18(27-2)11-9-16/h7-14,23H,3-6H2,1-2H3. The molecule has 0 radical (unpaired) electrons. The molecule has 148 valence electrons. The van der Waals surface area contributed by atoms with Gasteiger partial charge in [-0.2, -0.15) is 8.78 Å². The van der Waals surface area contributed by atoms with Crippen LogP contribution in [0.1, 0.15) is 31.7 Å². The number of halogens is 3. The van der Waals surface area contributed by atoms with Gasteiger partial charge in [0, 0.05) is 5.39 Å². The summed E-state index contributed by atoms with van der Waals surface area (Å²) in [6.07, 6.45) is 4.13. The predicted molar refractivity (Wildman–Crippen MR) is 106 cm³/mol. The van der Waals surface area contributed by atoms with Crippen LogP contribution in [0.25, 0.3) is 21.9 Å². The molecule has 0 heterocycles. The lowest BCUT2D eigenvalue weighted by Crippen LogP contribution is -2.05. The lowest BCUT2D eigenvalue weighted by molar-refractivity contribution is -0.0494. The predicted octanol–water partition coefficient (Wildman–Crippen LogP) is 6.99. The van der Waals surface area contributed by atoms with Crippen molar-refractivity contribution in [3.05, 3.63) is 59.9 Å². The van der Waals surface area contributed by atoms with Crippen LogP contribution in [0.3, 0.4) is 0 Å². The van der Waals surface area contributed by atoms with E-state index < -0.39 is 12.4 Å². The number of methoxy groups -OCH3 is 1. The molecule has 0 atom stereocenters. The molecular formula is C23H23F3O2. The Balaban J connectivity index is 2.10. The zero-order valence-electron chi connectivity index (χ0n) is 16.0. The minimum atomic E-state index is -3.04. The van der Waals surface area contributed by atoms with Gasteiger partial charge in [-0.3, -0.25) is 0 Å². The Labute approximate surface area is 162 Å². The van der Waals surface area contributed by atoms with Crippen molar-refractivity contribution < 1.29 is 22.6 Å². The van der Waals surface area contributed by atoms with Gasteiger partial charge in [0.05, 0.1) is 12.7 Å². The van der Waals surface area contributed by atoms with Gasteiger partial charge in [0.1, 0.15) is 17.3 Å². The zero-order chi connectivity index (χ0) is 20.1. The third-order valence-electron chi connectivity index (χ3n) is 4.77. The molecule has 0 unspecified atom stereocenters. The summed E-state index contributed by atoms with van der Waals surface area (Å²) in [5.74, 6) is -0.146. The van der Waals surface area contributed by atoms with E-state index in [2.05, 4.69) is 11.7 Å². The maximum Gasteiger partial charge on any atom is 0.387 e. The molecule has 0 aromatic heterocycles. The van der Waals surface area contributed by atoms with E-state index in [0.717, 1.165) is 31.2 Å². The van der Waals surface area contributed by atoms with E-state index in [1.807, 2.05) is 12.1 Å². The molecule has 0 bridgehead atoms. The number of alkyl halides is 2. The van der Waals surface area contributed by atoms with Gasteiger partial charge in [-0.05, 0) is 47.6 Å². The van der Waals surface area contributed by atoms with Crippen LogP contribution >= 0.6 is 0 Å². The van der Waals surface area contributed by atoms with E-state index >= 15 is 4.39 Å². The highest BCUT2D eigenvalue weighted by Gasteiger charge is 2.19. The van der Waals surface area contributed by atoms with Crippen LogP contribution in [-0.2, 0) is 6.42 Å². The number of fused-ring (bicyclic) bond motifs is 1. The first-order valence-corrected chi connectivity index (χ1v) is 9.38. The Morgan fingerprint density at radius 2 is 1.71 bits per heavy atom. The number of rotatable bonds is 8. The molecule has 0 N–H and O–H groups in total. The second kappa shape index (κ2) is 9.00. The molecule has 0 fully saturated rings. The van der Waals surface area contributed by atoms with E-state index in [9.17, 15) is 8.78 Å². The minimum absolute atomic E-state index is 0.0224. The lowest BCUT2D eigenvalue weighted by Gasteiger charge is -2.15. The van der Waals surface area contributed by atoms with Crippen molar-refractivity contribution in [2.75, 3.05) is 7.11 Å². The quantitative estimate of drug-likeness (QED) is 0.387. The summed E-state index contributed by atoms with van der Waals surface area (Å²) in [5.41, 5.74) is 1.53. The van der Waals surface area contributed by atoms with Crippen molar-refractivity contribution in [2.45, 2.75) is 39.2 Å². The average molecular weight is 388 g/mol. The van der Waals surface area contributed by atoms with Crippen LogP contribution < -0.4 is 9.47 Å². The van der Waals surface area contributed by atoms with Gasteiger partial charge in [0.15, 0.2) is 0 Å². The second-order valence-corrected chi connectivity index (χ2v) is 6.68. The van der Waals surface area contributed by atoms with Gasteiger partial charge in [0.25, 0.3) is 0 Å². The van der Waals surface area contributed by atoms with Crippen LogP contribution in [0.15, 0.2) is 48.5 Å². The zero-order valence-corrected chi connectivity index (χ0v) is 16.0. The molecule has 3 rings (SSSR count). The molecule has 3 aromatic rings. The van der Waals surface area contributed by atoms with Crippen molar-refractivity contribution in [1.29, 1.82) is 0 Å². The summed E-state index contributed by atoms with van der Waals surface area (Å²) in [6, 6.07) is 13.5. The van der Waals surface area contributed by atoms with Crippen molar-refractivity contribution in [1.82, 2.24) is 0 Å². The van der Waals surface area contributed by atoms with Crippen molar-refractivity contribution >= 4 is 10.8 Å². The molecule has 3 aromatic carbocycles. The molecule has 0 amide bonds. The first-order chi connectivity index (χ1) is 13.5. The SMILES string of the molecule is CCCCCc1ccc2c(F)c(-c3ccc(OC)cc3)c(OC(F)F)cc2c1. The monoisotopic (exact) mass is 388 g/mol. The molecule has 0 saturated carbocycles. The summed E-state index contributed by atoms with van der Waals surface area (Å²) in [7, 11) is 1.52. The summed E-state index contributed by atoms with van der Waals surface area (Å²) >= 11 is 0. The summed E-state index contributed by atoms with van der Waals surface area (Å²) in [6.45, 7) is -0.911. The molecule has 0 saturated heterocycles. The van der Waals surface area contributed by atoms with Crippen molar-refractivity contribution in [3.8, 4) is 22.6 Å². The molecule has 0 aliphatic carbocycles. The van der Waals surface area contributed by atoms with Crippen molar-refractivity contribution in [3.63, 3.8) is 0 Å². The fourth-order valence-corrected chi connectivity index (χ4v) is 3.34. The fraction of sp³-hybridized carbons (Fsp3) is 0.304. The van der Waals surface area contributed by atoms with Crippen LogP contribution in [0.5, 0.6) is 11.5 Å². The van der Waals surface area contributed by atoms with Gasteiger partial charge in [-0.15, -0.1) is 0 Å². The normalized spacial score (nSPS) is 11.2. The van der Waals surface area contributed by atoms with Crippen LogP contribution in [0, 0.1) is 5.82 Å². The number of ether oxygens (including phenoxy) is 2. The molecular weight excluding hydrogens is 365 g/mol. The molecule has 0 aliphatic rings. The Bertz CT molecular complexity index is 937. The van der Waals surface area contributed by atoms with E-state index in [4.69, 9.17) is 4.74 Å². The summed E-state index contributed by atoms with van der Waals surface area (Å²) < 4.78 is 51.1. The third-order valence-corrected chi connectivity index (χ3v) is 4.77. The molecule has 2 nitrogen and oxygen atoms in total. The van der Waals surface area contributed by atoms with E-state index in [1.165, 1.54) is 13.2 Å². The largest absolute Gasteiger partial charge is 0.497 e. The first-order valence-electron chi connectivity index (χ1n) is 9.38. The van der Waals surface area contributed by atoms with Crippen molar-refractivity contribution in [2.24, 2.45) is 0 Å². The van der Waals surface area contributed by atoms with E-state index in [0.29, 0.717) is 22.1 Å². The minimum Gasteiger partial charge on any atom is -0.497 e. The molecule has 0 spiro atoms. The van der Waals surface area contributed by atoms with Crippen LogP contribution in [0.2, 0.25) is 0 Å². The number of aryl methyl sites for hydroxylation is 1. The second-order valence-electron chi connectivity index (χ2n) is 6.68.